The first-order chi connectivity index (χ1) is 12.1. The van der Waals surface area contributed by atoms with Crippen molar-refractivity contribution in [1.29, 1.82) is 0 Å². The smallest absolute Gasteiger partial charge is 0.175 e. The molecule has 3 aromatic carbocycles. The van der Waals surface area contributed by atoms with Gasteiger partial charge in [-0.05, 0) is 66.8 Å². The predicted octanol–water partition coefficient (Wildman–Crippen LogP) is 6.95. The van der Waals surface area contributed by atoms with Crippen molar-refractivity contribution in [3.05, 3.63) is 82.8 Å². The van der Waals surface area contributed by atoms with Crippen LogP contribution < -0.4 is 10.6 Å². The van der Waals surface area contributed by atoms with Crippen LogP contribution in [-0.2, 0) is 0 Å². The van der Waals surface area contributed by atoms with E-state index < -0.39 is 0 Å². The van der Waals surface area contributed by atoms with E-state index in [4.69, 9.17) is 35.4 Å². The minimum absolute atomic E-state index is 0.506. The average Bonchev–Trinajstić information content (AvgIpc) is 2.58. The van der Waals surface area contributed by atoms with Crippen molar-refractivity contribution in [3.8, 4) is 0 Å². The summed E-state index contributed by atoms with van der Waals surface area (Å²) in [6.07, 6.45) is 0. The van der Waals surface area contributed by atoms with Crippen LogP contribution in [0.2, 0.25) is 10.0 Å². The SMILES string of the molecule is S=C(Nc1cccc(Cl)c1)Nc1ccccc1Sc1ccc(Cl)cc1. The lowest BCUT2D eigenvalue weighted by Gasteiger charge is -2.14. The van der Waals surface area contributed by atoms with Crippen molar-refractivity contribution in [2.45, 2.75) is 9.79 Å². The molecule has 0 saturated heterocycles. The van der Waals surface area contributed by atoms with Crippen molar-refractivity contribution in [1.82, 2.24) is 0 Å². The minimum Gasteiger partial charge on any atom is -0.332 e. The maximum Gasteiger partial charge on any atom is 0.175 e. The van der Waals surface area contributed by atoms with E-state index in [0.717, 1.165) is 26.2 Å². The lowest BCUT2D eigenvalue weighted by atomic mass is 10.3. The Labute approximate surface area is 166 Å². The molecular formula is C19H14Cl2N2S2. The van der Waals surface area contributed by atoms with E-state index in [1.54, 1.807) is 11.8 Å². The molecule has 25 heavy (non-hydrogen) atoms. The first-order valence-electron chi connectivity index (χ1n) is 7.46. The molecule has 0 aromatic heterocycles. The molecule has 0 fully saturated rings. The number of thiocarbonyl (C=S) groups is 1. The molecule has 0 spiro atoms. The monoisotopic (exact) mass is 404 g/mol. The summed E-state index contributed by atoms with van der Waals surface area (Å²) in [5, 5.41) is 8.27. The zero-order valence-corrected chi connectivity index (χ0v) is 16.1. The van der Waals surface area contributed by atoms with Crippen LogP contribution in [0.4, 0.5) is 11.4 Å². The van der Waals surface area contributed by atoms with Crippen molar-refractivity contribution in [3.63, 3.8) is 0 Å². The number of anilines is 2. The van der Waals surface area contributed by atoms with Gasteiger partial charge in [0.2, 0.25) is 0 Å². The average molecular weight is 405 g/mol. The Balaban J connectivity index is 1.72. The van der Waals surface area contributed by atoms with Crippen LogP contribution in [0.1, 0.15) is 0 Å². The van der Waals surface area contributed by atoms with E-state index in [-0.39, 0.29) is 0 Å². The van der Waals surface area contributed by atoms with Crippen LogP contribution in [0.25, 0.3) is 0 Å². The van der Waals surface area contributed by atoms with Crippen LogP contribution in [0.15, 0.2) is 82.6 Å². The molecule has 0 amide bonds. The molecule has 0 radical (unpaired) electrons. The van der Waals surface area contributed by atoms with Gasteiger partial charge in [-0.3, -0.25) is 0 Å². The Hall–Kier alpha value is -1.72. The largest absolute Gasteiger partial charge is 0.332 e. The second-order valence-corrected chi connectivity index (χ2v) is 7.54. The summed E-state index contributed by atoms with van der Waals surface area (Å²) in [5.74, 6) is 0. The summed E-state index contributed by atoms with van der Waals surface area (Å²) in [6.45, 7) is 0. The normalized spacial score (nSPS) is 10.3. The Bertz CT molecular complexity index is 883. The number of hydrogen-bond donors (Lipinski definition) is 2. The minimum atomic E-state index is 0.506. The molecule has 0 atom stereocenters. The first kappa shape index (κ1) is 18.1. The Morgan fingerprint density at radius 3 is 2.32 bits per heavy atom. The summed E-state index contributed by atoms with van der Waals surface area (Å²) in [7, 11) is 0. The topological polar surface area (TPSA) is 24.1 Å². The van der Waals surface area contributed by atoms with Crippen LogP contribution in [0.3, 0.4) is 0 Å². The molecule has 0 unspecified atom stereocenters. The van der Waals surface area contributed by atoms with Gasteiger partial charge in [0.1, 0.15) is 0 Å². The van der Waals surface area contributed by atoms with Gasteiger partial charge in [0.25, 0.3) is 0 Å². The van der Waals surface area contributed by atoms with Gasteiger partial charge >= 0.3 is 0 Å². The Morgan fingerprint density at radius 2 is 1.56 bits per heavy atom. The molecule has 0 aliphatic rings. The number of para-hydroxylation sites is 1. The quantitative estimate of drug-likeness (QED) is 0.459. The van der Waals surface area contributed by atoms with Crippen LogP contribution in [0.5, 0.6) is 0 Å². The third-order valence-electron chi connectivity index (χ3n) is 3.26. The van der Waals surface area contributed by atoms with E-state index >= 15 is 0 Å². The van der Waals surface area contributed by atoms with Crippen molar-refractivity contribution in [2.75, 3.05) is 10.6 Å². The van der Waals surface area contributed by atoms with Gasteiger partial charge in [-0.25, -0.2) is 0 Å². The number of rotatable bonds is 4. The van der Waals surface area contributed by atoms with E-state index in [1.165, 1.54) is 0 Å². The van der Waals surface area contributed by atoms with Gasteiger partial charge < -0.3 is 10.6 Å². The molecule has 0 saturated carbocycles. The number of benzene rings is 3. The summed E-state index contributed by atoms with van der Waals surface area (Å²) in [5.41, 5.74) is 1.77. The fourth-order valence-electron chi connectivity index (χ4n) is 2.14. The van der Waals surface area contributed by atoms with Crippen LogP contribution >= 0.6 is 47.2 Å². The molecule has 3 aromatic rings. The third kappa shape index (κ3) is 5.38. The van der Waals surface area contributed by atoms with Gasteiger partial charge in [-0.1, -0.05) is 53.2 Å². The Morgan fingerprint density at radius 1 is 0.800 bits per heavy atom. The summed E-state index contributed by atoms with van der Waals surface area (Å²) in [4.78, 5) is 2.17. The van der Waals surface area contributed by atoms with Crippen molar-refractivity contribution in [2.24, 2.45) is 0 Å². The van der Waals surface area contributed by atoms with Gasteiger partial charge in [0, 0.05) is 25.5 Å². The Kier molecular flexibility index (Phi) is 6.21. The molecule has 126 valence electrons. The molecular weight excluding hydrogens is 391 g/mol. The van der Waals surface area contributed by atoms with Gasteiger partial charge in [0.15, 0.2) is 5.11 Å². The lowest BCUT2D eigenvalue weighted by molar-refractivity contribution is 1.40. The highest BCUT2D eigenvalue weighted by Gasteiger charge is 2.06. The number of nitrogens with one attached hydrogen (secondary N) is 2. The maximum atomic E-state index is 6.00. The molecule has 2 nitrogen and oxygen atoms in total. The van der Waals surface area contributed by atoms with Gasteiger partial charge in [-0.15, -0.1) is 0 Å². The van der Waals surface area contributed by atoms with Crippen molar-refractivity contribution < 1.29 is 0 Å². The second kappa shape index (κ2) is 8.59. The molecule has 0 aliphatic heterocycles. The summed E-state index contributed by atoms with van der Waals surface area (Å²) in [6, 6.07) is 23.2. The van der Waals surface area contributed by atoms with E-state index in [9.17, 15) is 0 Å². The fourth-order valence-corrected chi connectivity index (χ4v) is 3.59. The molecule has 2 N–H and O–H groups in total. The van der Waals surface area contributed by atoms with Crippen LogP contribution in [0, 0.1) is 0 Å². The molecule has 0 aliphatic carbocycles. The predicted molar refractivity (Wildman–Crippen MR) is 113 cm³/mol. The van der Waals surface area contributed by atoms with Crippen LogP contribution in [-0.4, -0.2) is 5.11 Å². The third-order valence-corrected chi connectivity index (χ3v) is 5.03. The first-order valence-corrected chi connectivity index (χ1v) is 9.44. The molecule has 6 heteroatoms. The standard InChI is InChI=1S/C19H14Cl2N2S2/c20-13-8-10-16(11-9-13)25-18-7-2-1-6-17(18)23-19(24)22-15-5-3-4-14(21)12-15/h1-12H,(H2,22,23,24). The highest BCUT2D eigenvalue weighted by atomic mass is 35.5. The maximum absolute atomic E-state index is 6.00. The van der Waals surface area contributed by atoms with E-state index in [0.29, 0.717) is 10.1 Å². The van der Waals surface area contributed by atoms with Crippen molar-refractivity contribution >= 4 is 63.7 Å². The lowest BCUT2D eigenvalue weighted by Crippen LogP contribution is -2.19. The molecule has 3 rings (SSSR count). The number of hydrogen-bond acceptors (Lipinski definition) is 2. The zero-order chi connectivity index (χ0) is 17.6. The fraction of sp³-hybridized carbons (Fsp3) is 0. The summed E-state index contributed by atoms with van der Waals surface area (Å²) >= 11 is 19.0. The summed E-state index contributed by atoms with van der Waals surface area (Å²) < 4.78 is 0. The van der Waals surface area contributed by atoms with E-state index in [2.05, 4.69) is 10.6 Å². The molecule has 0 heterocycles. The van der Waals surface area contributed by atoms with Gasteiger partial charge in [0.05, 0.1) is 5.69 Å². The zero-order valence-electron chi connectivity index (χ0n) is 13.0. The highest BCUT2D eigenvalue weighted by molar-refractivity contribution is 7.99. The molecule has 0 bridgehead atoms. The van der Waals surface area contributed by atoms with Gasteiger partial charge in [-0.2, -0.15) is 0 Å². The second-order valence-electron chi connectivity index (χ2n) is 5.14. The highest BCUT2D eigenvalue weighted by Crippen LogP contribution is 2.34. The number of halogens is 2. The van der Waals surface area contributed by atoms with E-state index in [1.807, 2.05) is 72.8 Å².